The number of halogens is 1. The minimum Gasteiger partial charge on any atom is -0.480 e. The number of carboxylic acid groups (broad SMARTS) is 1. The van der Waals surface area contributed by atoms with Gasteiger partial charge in [0.05, 0.1) is 6.04 Å². The number of amides is 1. The zero-order chi connectivity index (χ0) is 22.8. The number of nitrogens with one attached hydrogen (secondary N) is 1. The average molecular weight is 516 g/mol. The Morgan fingerprint density at radius 3 is 2.25 bits per heavy atom. The van der Waals surface area contributed by atoms with Crippen molar-refractivity contribution >= 4 is 39.3 Å². The van der Waals surface area contributed by atoms with Crippen molar-refractivity contribution in [2.75, 3.05) is 20.7 Å². The summed E-state index contributed by atoms with van der Waals surface area (Å²) in [6.45, 7) is 0.113. The standard InChI is InChI=1S/C23H22BrN3O4S/c1-27(2)20(21-25-18(24)12-32-21)19(22(28)29)26-23(30)31-11-17-15-9-5-3-7-13(15)14-8-4-6-10-16(14)17/h3-10,12,17,19-20H,11H2,1-2H3,(H,26,30)(H,28,29)/t19-,20-/m0/s1. The van der Waals surface area contributed by atoms with Crippen molar-refractivity contribution in [1.82, 2.24) is 15.2 Å². The molecule has 0 saturated carbocycles. The van der Waals surface area contributed by atoms with Crippen LogP contribution < -0.4 is 5.32 Å². The number of carboxylic acids is 1. The molecule has 0 bridgehead atoms. The van der Waals surface area contributed by atoms with Gasteiger partial charge in [-0.05, 0) is 52.3 Å². The Hall–Kier alpha value is -2.75. The number of nitrogens with zero attached hydrogens (tertiary/aromatic N) is 2. The summed E-state index contributed by atoms with van der Waals surface area (Å²) >= 11 is 4.62. The molecule has 1 aromatic heterocycles. The van der Waals surface area contributed by atoms with E-state index in [0.29, 0.717) is 9.61 Å². The average Bonchev–Trinajstić information content (AvgIpc) is 3.33. The number of ether oxygens (including phenoxy) is 1. The highest BCUT2D eigenvalue weighted by Crippen LogP contribution is 2.44. The molecular formula is C23H22BrN3O4S. The van der Waals surface area contributed by atoms with Gasteiger partial charge in [0.25, 0.3) is 0 Å². The van der Waals surface area contributed by atoms with E-state index >= 15 is 0 Å². The molecule has 0 saturated heterocycles. The molecule has 2 atom stereocenters. The van der Waals surface area contributed by atoms with Crippen LogP contribution in [-0.2, 0) is 9.53 Å². The predicted molar refractivity (Wildman–Crippen MR) is 126 cm³/mol. The zero-order valence-electron chi connectivity index (χ0n) is 17.5. The first kappa shape index (κ1) is 22.4. The number of aromatic nitrogens is 1. The Morgan fingerprint density at radius 1 is 1.16 bits per heavy atom. The van der Waals surface area contributed by atoms with Gasteiger partial charge in [-0.3, -0.25) is 4.90 Å². The molecule has 7 nitrogen and oxygen atoms in total. The third kappa shape index (κ3) is 4.41. The van der Waals surface area contributed by atoms with E-state index in [1.165, 1.54) is 11.3 Å². The number of alkyl carbamates (subject to hydrolysis) is 1. The second-order valence-electron chi connectivity index (χ2n) is 7.70. The number of carbonyl (C=O) groups is 2. The van der Waals surface area contributed by atoms with Gasteiger partial charge in [-0.1, -0.05) is 48.5 Å². The normalized spacial score (nSPS) is 14.5. The fourth-order valence-corrected chi connectivity index (χ4v) is 5.60. The first-order valence-corrected chi connectivity index (χ1v) is 11.7. The Bertz CT molecular complexity index is 1100. The Morgan fingerprint density at radius 2 is 1.75 bits per heavy atom. The molecule has 2 aromatic carbocycles. The van der Waals surface area contributed by atoms with Crippen LogP contribution in [0.15, 0.2) is 58.5 Å². The number of fused-ring (bicyclic) bond motifs is 3. The fourth-order valence-electron chi connectivity index (χ4n) is 4.11. The highest BCUT2D eigenvalue weighted by atomic mass is 79.9. The van der Waals surface area contributed by atoms with Gasteiger partial charge >= 0.3 is 12.1 Å². The molecule has 2 N–H and O–H groups in total. The predicted octanol–water partition coefficient (Wildman–Crippen LogP) is 4.50. The van der Waals surface area contributed by atoms with Crippen molar-refractivity contribution in [1.29, 1.82) is 0 Å². The summed E-state index contributed by atoms with van der Waals surface area (Å²) in [4.78, 5) is 30.7. The molecule has 1 aliphatic rings. The Labute approximate surface area is 198 Å². The van der Waals surface area contributed by atoms with Crippen LogP contribution in [0.25, 0.3) is 11.1 Å². The lowest BCUT2D eigenvalue weighted by atomic mass is 9.98. The highest BCUT2D eigenvalue weighted by Gasteiger charge is 2.36. The number of thiazole rings is 1. The number of hydrogen-bond donors (Lipinski definition) is 2. The molecular weight excluding hydrogens is 494 g/mol. The molecule has 1 aliphatic carbocycles. The van der Waals surface area contributed by atoms with Crippen LogP contribution in [0.2, 0.25) is 0 Å². The molecule has 0 spiro atoms. The van der Waals surface area contributed by atoms with Crippen LogP contribution in [0.4, 0.5) is 4.79 Å². The monoisotopic (exact) mass is 515 g/mol. The number of rotatable bonds is 7. The zero-order valence-corrected chi connectivity index (χ0v) is 19.9. The van der Waals surface area contributed by atoms with E-state index in [9.17, 15) is 14.7 Å². The molecule has 0 aliphatic heterocycles. The lowest BCUT2D eigenvalue weighted by Gasteiger charge is -2.28. The molecule has 32 heavy (non-hydrogen) atoms. The van der Waals surface area contributed by atoms with Crippen molar-refractivity contribution in [3.8, 4) is 11.1 Å². The lowest BCUT2D eigenvalue weighted by molar-refractivity contribution is -0.141. The maximum Gasteiger partial charge on any atom is 0.407 e. The molecule has 0 radical (unpaired) electrons. The van der Waals surface area contributed by atoms with E-state index in [1.54, 1.807) is 24.4 Å². The molecule has 0 fully saturated rings. The first-order valence-electron chi connectivity index (χ1n) is 9.98. The number of benzene rings is 2. The second kappa shape index (κ2) is 9.40. The van der Waals surface area contributed by atoms with E-state index in [1.807, 2.05) is 36.4 Å². The van der Waals surface area contributed by atoms with Crippen LogP contribution in [0.3, 0.4) is 0 Å². The summed E-state index contributed by atoms with van der Waals surface area (Å²) in [7, 11) is 3.49. The quantitative estimate of drug-likeness (QED) is 0.481. The van der Waals surface area contributed by atoms with Gasteiger partial charge in [-0.15, -0.1) is 11.3 Å². The number of hydrogen-bond acceptors (Lipinski definition) is 6. The van der Waals surface area contributed by atoms with Crippen molar-refractivity contribution in [2.45, 2.75) is 18.0 Å². The summed E-state index contributed by atoms with van der Waals surface area (Å²) in [5.74, 6) is -1.26. The maximum atomic E-state index is 12.7. The third-order valence-corrected chi connectivity index (χ3v) is 7.13. The van der Waals surface area contributed by atoms with Crippen LogP contribution in [0.1, 0.15) is 28.1 Å². The van der Waals surface area contributed by atoms with E-state index in [4.69, 9.17) is 4.74 Å². The van der Waals surface area contributed by atoms with Crippen molar-refractivity contribution in [3.63, 3.8) is 0 Å². The molecule has 166 valence electrons. The SMILES string of the molecule is CN(C)[C@H](c1nc(Br)cs1)[C@H](NC(=O)OCC1c2ccccc2-c2ccccc21)C(=O)O. The van der Waals surface area contributed by atoms with E-state index < -0.39 is 24.1 Å². The van der Waals surface area contributed by atoms with E-state index in [-0.39, 0.29) is 12.5 Å². The molecule has 1 heterocycles. The van der Waals surface area contributed by atoms with Gasteiger partial charge < -0.3 is 15.2 Å². The summed E-state index contributed by atoms with van der Waals surface area (Å²) < 4.78 is 6.15. The van der Waals surface area contributed by atoms with Crippen molar-refractivity contribution < 1.29 is 19.4 Å². The minimum atomic E-state index is -1.22. The Balaban J connectivity index is 1.50. The number of likely N-dealkylation sites (N-methyl/N-ethyl adjacent to an activating group) is 1. The van der Waals surface area contributed by atoms with Crippen LogP contribution in [0.5, 0.6) is 0 Å². The van der Waals surface area contributed by atoms with Gasteiger partial charge in [0.15, 0.2) is 6.04 Å². The summed E-state index contributed by atoms with van der Waals surface area (Å²) in [6, 6.07) is 14.2. The van der Waals surface area contributed by atoms with Crippen molar-refractivity contribution in [2.24, 2.45) is 0 Å². The van der Waals surface area contributed by atoms with Crippen LogP contribution in [-0.4, -0.2) is 53.8 Å². The number of carbonyl (C=O) groups excluding carboxylic acids is 1. The molecule has 1 amide bonds. The van der Waals surface area contributed by atoms with Crippen LogP contribution in [0, 0.1) is 0 Å². The lowest BCUT2D eigenvalue weighted by Crippen LogP contribution is -2.49. The van der Waals surface area contributed by atoms with Gasteiger partial charge in [-0.2, -0.15) is 0 Å². The van der Waals surface area contributed by atoms with Gasteiger partial charge in [0.2, 0.25) is 0 Å². The maximum absolute atomic E-state index is 12.7. The summed E-state index contributed by atoms with van der Waals surface area (Å²) in [6.07, 6.45) is -0.776. The molecule has 9 heteroatoms. The Kier molecular flexibility index (Phi) is 6.59. The van der Waals surface area contributed by atoms with E-state index in [2.05, 4.69) is 38.4 Å². The third-order valence-electron chi connectivity index (χ3n) is 5.50. The van der Waals surface area contributed by atoms with Crippen LogP contribution >= 0.6 is 27.3 Å². The van der Waals surface area contributed by atoms with E-state index in [0.717, 1.165) is 22.3 Å². The summed E-state index contributed by atoms with van der Waals surface area (Å²) in [5, 5.41) is 14.7. The van der Waals surface area contributed by atoms with Gasteiger partial charge in [0, 0.05) is 11.3 Å². The highest BCUT2D eigenvalue weighted by molar-refractivity contribution is 9.10. The smallest absolute Gasteiger partial charge is 0.407 e. The fraction of sp³-hybridized carbons (Fsp3) is 0.261. The summed E-state index contributed by atoms with van der Waals surface area (Å²) in [5.41, 5.74) is 4.44. The van der Waals surface area contributed by atoms with Gasteiger partial charge in [-0.25, -0.2) is 14.6 Å². The molecule has 3 aromatic rings. The minimum absolute atomic E-state index is 0.101. The van der Waals surface area contributed by atoms with Gasteiger partial charge in [0.1, 0.15) is 16.2 Å². The number of aliphatic carboxylic acids is 1. The first-order chi connectivity index (χ1) is 15.4. The largest absolute Gasteiger partial charge is 0.480 e. The second-order valence-corrected chi connectivity index (χ2v) is 9.40. The molecule has 4 rings (SSSR count). The molecule has 0 unspecified atom stereocenters. The topological polar surface area (TPSA) is 91.8 Å². The van der Waals surface area contributed by atoms with Crippen molar-refractivity contribution in [3.05, 3.63) is 74.6 Å².